The summed E-state index contributed by atoms with van der Waals surface area (Å²) in [6.07, 6.45) is 0. The summed E-state index contributed by atoms with van der Waals surface area (Å²) < 4.78 is 10.3. The van der Waals surface area contributed by atoms with E-state index in [-0.39, 0.29) is 16.8 Å². The monoisotopic (exact) mass is 212 g/mol. The van der Waals surface area contributed by atoms with E-state index in [0.717, 1.165) is 0 Å². The summed E-state index contributed by atoms with van der Waals surface area (Å²) in [6.45, 7) is 0. The summed E-state index contributed by atoms with van der Waals surface area (Å²) in [4.78, 5) is 0. The Bertz CT molecular complexity index is 153. The third kappa shape index (κ3) is 10.9. The van der Waals surface area contributed by atoms with Gasteiger partial charge in [-0.3, -0.25) is 0 Å². The van der Waals surface area contributed by atoms with Crippen molar-refractivity contribution >= 4 is 24.2 Å². The molecule has 2 nitrogen and oxygen atoms in total. The van der Waals surface area contributed by atoms with Crippen LogP contribution < -0.4 is 0 Å². The Morgan fingerprint density at radius 2 is 1.80 bits per heavy atom. The van der Waals surface area contributed by atoms with Gasteiger partial charge in [0.25, 0.3) is 0 Å². The van der Waals surface area contributed by atoms with Crippen LogP contribution in [0.25, 0.3) is 4.78 Å². The zero-order chi connectivity index (χ0) is 6.95. The first-order chi connectivity index (χ1) is 4.41. The molecule has 0 unspecified atom stereocenters. The summed E-state index contributed by atoms with van der Waals surface area (Å²) in [5, 5.41) is 0. The molecule has 0 fully saturated rings. The number of hydrogen-bond donors (Lipinski definition) is 0. The van der Waals surface area contributed by atoms with Crippen molar-refractivity contribution in [3.8, 4) is 0 Å². The average Bonchev–Trinajstić information content (AvgIpc) is 2.43. The Balaban J connectivity index is 0. The molecule has 1 aromatic carbocycles. The van der Waals surface area contributed by atoms with Crippen molar-refractivity contribution in [2.24, 2.45) is 3.77 Å². The van der Waals surface area contributed by atoms with Gasteiger partial charge in [-0.25, -0.2) is 11.4 Å². The quantitative estimate of drug-likeness (QED) is 0.468. The van der Waals surface area contributed by atoms with Gasteiger partial charge in [0.05, 0.1) is 0 Å². The van der Waals surface area contributed by atoms with Crippen molar-refractivity contribution in [3.63, 3.8) is 0 Å². The van der Waals surface area contributed by atoms with Crippen LogP contribution in [0.15, 0.2) is 9.83 Å². The molecule has 1 aromatic rings. The van der Waals surface area contributed by atoms with E-state index in [1.54, 1.807) is 6.07 Å². The minimum Gasteiger partial charge on any atom is -0.999 e. The van der Waals surface area contributed by atoms with E-state index >= 15 is 0 Å². The van der Waals surface area contributed by atoms with Crippen LogP contribution in [0, 0.1) is 24.3 Å². The molecule has 0 saturated carbocycles. The zero-order valence-corrected chi connectivity index (χ0v) is 7.30. The number of rotatable bonds is 0. The van der Waals surface area contributed by atoms with Crippen molar-refractivity contribution in [1.82, 2.24) is 0 Å². The van der Waals surface area contributed by atoms with E-state index in [1.165, 1.54) is 0 Å². The third-order valence-electron chi connectivity index (χ3n) is 0.385. The molecule has 0 aliphatic carbocycles. The maximum Gasteiger partial charge on any atom is 0 e. The molecule has 0 aliphatic rings. The van der Waals surface area contributed by atoms with Crippen LogP contribution in [0.4, 0.5) is 0 Å². The van der Waals surface area contributed by atoms with Crippen LogP contribution in [0.1, 0.15) is 0 Å². The molecule has 0 aliphatic heterocycles. The fraction of sp³-hybridized carbons (Fsp3) is 0. The zero-order valence-electron chi connectivity index (χ0n) is 4.62. The molecule has 1 rings (SSSR count). The van der Waals surface area contributed by atoms with E-state index in [4.69, 9.17) is 4.78 Å². The first-order valence-electron chi connectivity index (χ1n) is 1.88. The van der Waals surface area contributed by atoms with Gasteiger partial charge in [0.15, 0.2) is 0 Å². The van der Waals surface area contributed by atoms with Gasteiger partial charge < -0.3 is 51.7 Å². The second kappa shape index (κ2) is 11.8. The van der Waals surface area contributed by atoms with Gasteiger partial charge >= 0.3 is 0 Å². The molecule has 0 bridgehead atoms. The molecule has 0 spiro atoms. The van der Waals surface area contributed by atoms with Gasteiger partial charge in [0, 0.05) is 16.8 Å². The summed E-state index contributed by atoms with van der Waals surface area (Å²) in [5.74, 6) is 0. The van der Waals surface area contributed by atoms with Crippen molar-refractivity contribution in [3.05, 3.63) is 35.1 Å². The SMILES string of the molecule is [Co].[N-]=S=N[S-].[c-]1[c-][c-][cH-][c-]1. The molecule has 10 heavy (non-hydrogen) atoms. The molecule has 1 radical (unpaired) electrons. The van der Waals surface area contributed by atoms with Gasteiger partial charge in [-0.05, 0) is 0 Å². The van der Waals surface area contributed by atoms with Crippen LogP contribution >= 0.6 is 0 Å². The van der Waals surface area contributed by atoms with Gasteiger partial charge in [0.2, 0.25) is 0 Å². The summed E-state index contributed by atoms with van der Waals surface area (Å²) in [5.41, 5.74) is 0. The topological polar surface area (TPSA) is 34.7 Å². The molecule has 0 saturated heterocycles. The van der Waals surface area contributed by atoms with Gasteiger partial charge in [-0.15, -0.1) is 0 Å². The van der Waals surface area contributed by atoms with Crippen LogP contribution in [0.3, 0.4) is 0 Å². The molecule has 5 heteroatoms. The van der Waals surface area contributed by atoms with Gasteiger partial charge in [0.1, 0.15) is 0 Å². The predicted octanol–water partition coefficient (Wildman–Crippen LogP) is 1.07. The molecular formula is C5HCoN2S2-7. The minimum atomic E-state index is 0. The van der Waals surface area contributed by atoms with E-state index in [0.29, 0.717) is 11.4 Å². The minimum absolute atomic E-state index is 0. The van der Waals surface area contributed by atoms with Gasteiger partial charge in [-0.2, -0.15) is 0 Å². The summed E-state index contributed by atoms with van der Waals surface area (Å²) >= 11 is 4.19. The van der Waals surface area contributed by atoms with E-state index < -0.39 is 0 Å². The van der Waals surface area contributed by atoms with Crippen molar-refractivity contribution < 1.29 is 16.8 Å². The van der Waals surface area contributed by atoms with Crippen LogP contribution in [-0.4, -0.2) is 0 Å². The first-order valence-corrected chi connectivity index (χ1v) is 2.97. The number of hydrogen-bond acceptors (Lipinski definition) is 2. The van der Waals surface area contributed by atoms with Crippen molar-refractivity contribution in [1.29, 1.82) is 0 Å². The molecule has 59 valence electrons. The van der Waals surface area contributed by atoms with Crippen LogP contribution in [0.5, 0.6) is 0 Å². The fourth-order valence-corrected chi connectivity index (χ4v) is 0.180. The van der Waals surface area contributed by atoms with Crippen molar-refractivity contribution in [2.45, 2.75) is 0 Å². The smallest absolute Gasteiger partial charge is 0 e. The molecular weight excluding hydrogens is 211 g/mol. The predicted molar refractivity (Wildman–Crippen MR) is 37.9 cm³/mol. The Hall–Kier alpha value is 0.0265. The summed E-state index contributed by atoms with van der Waals surface area (Å²) in [6, 6.07) is 12.0. The van der Waals surface area contributed by atoms with Crippen LogP contribution in [-0.2, 0) is 40.9 Å². The first kappa shape index (κ1) is 12.7. The maximum absolute atomic E-state index is 7.52. The normalized spacial score (nSPS) is 6.10. The van der Waals surface area contributed by atoms with Crippen molar-refractivity contribution in [2.75, 3.05) is 0 Å². The standard InChI is InChI=1S/C5H.Co.HN2S2/c1-2-4-5-3-1;;1-4-2-3/h1H;;3H/q-5;;-1/p-1. The van der Waals surface area contributed by atoms with E-state index in [2.05, 4.69) is 40.8 Å². The fourth-order valence-electron chi connectivity index (χ4n) is 0.180. The van der Waals surface area contributed by atoms with E-state index in [9.17, 15) is 0 Å². The van der Waals surface area contributed by atoms with Crippen LogP contribution in [0.2, 0.25) is 0 Å². The molecule has 0 N–H and O–H groups in total. The van der Waals surface area contributed by atoms with Gasteiger partial charge in [-0.1, -0.05) is 0 Å². The third-order valence-corrected chi connectivity index (χ3v) is 0.651. The Morgan fingerprint density at radius 1 is 1.40 bits per heavy atom. The summed E-state index contributed by atoms with van der Waals surface area (Å²) in [7, 11) is 0. The second-order valence-electron chi connectivity index (χ2n) is 0.839. The van der Waals surface area contributed by atoms with E-state index in [1.807, 2.05) is 0 Å². The molecule has 0 aromatic heterocycles. The maximum atomic E-state index is 7.52. The largest absolute Gasteiger partial charge is 0.999 e. The molecule has 0 atom stereocenters. The second-order valence-corrected chi connectivity index (χ2v) is 1.60. The molecule has 0 amide bonds. The number of nitrogens with zero attached hydrogens (tertiary/aromatic N) is 2. The molecule has 0 heterocycles. The average molecular weight is 212 g/mol. The Labute approximate surface area is 79.8 Å². The Morgan fingerprint density at radius 3 is 1.90 bits per heavy atom. The Kier molecular flexibility index (Phi) is 14.9.